The summed E-state index contributed by atoms with van der Waals surface area (Å²) in [6.45, 7) is 6.36. The normalized spacial score (nSPS) is 19.9. The van der Waals surface area contributed by atoms with Gasteiger partial charge in [0, 0.05) is 17.6 Å². The van der Waals surface area contributed by atoms with Crippen molar-refractivity contribution in [2.24, 2.45) is 5.41 Å². The molecule has 2 rings (SSSR count). The zero-order valence-corrected chi connectivity index (χ0v) is 15.6. The average Bonchev–Trinajstić information content (AvgIpc) is 2.40. The van der Waals surface area contributed by atoms with E-state index in [0.717, 1.165) is 35.7 Å². The highest BCUT2D eigenvalue weighted by atomic mass is 79.9. The van der Waals surface area contributed by atoms with E-state index in [0.29, 0.717) is 10.3 Å². The number of hydrogen-bond donors (Lipinski definition) is 0. The molecule has 0 heterocycles. The third-order valence-electron chi connectivity index (χ3n) is 4.63. The highest BCUT2D eigenvalue weighted by molar-refractivity contribution is 9.10. The molecule has 1 aliphatic carbocycles. The molecule has 0 atom stereocenters. The third-order valence-corrected chi connectivity index (χ3v) is 7.18. The minimum absolute atomic E-state index is 0.112. The lowest BCUT2D eigenvalue weighted by Gasteiger charge is -2.38. The van der Waals surface area contributed by atoms with Crippen LogP contribution in [-0.4, -0.2) is 25.8 Å². The molecule has 0 aromatic heterocycles. The molecule has 5 heteroatoms. The molecule has 0 N–H and O–H groups in total. The topological polar surface area (TPSA) is 37.4 Å². The van der Waals surface area contributed by atoms with Crippen LogP contribution in [0.2, 0.25) is 0 Å². The van der Waals surface area contributed by atoms with E-state index in [4.69, 9.17) is 0 Å². The lowest BCUT2D eigenvalue weighted by molar-refractivity contribution is 0.174. The molecule has 1 aromatic rings. The number of halogens is 1. The largest absolute Gasteiger partial charge is 0.243 e. The number of hydrogen-bond acceptors (Lipinski definition) is 2. The summed E-state index contributed by atoms with van der Waals surface area (Å²) >= 11 is 3.37. The second-order valence-electron chi connectivity index (χ2n) is 6.83. The number of benzene rings is 1. The van der Waals surface area contributed by atoms with Gasteiger partial charge in [-0.05, 0) is 55.7 Å². The Labute approximate surface area is 136 Å². The molecule has 0 radical (unpaired) electrons. The van der Waals surface area contributed by atoms with Crippen molar-refractivity contribution < 1.29 is 8.42 Å². The standard InChI is InChI=1S/C16H24BrNO2S/c1-12-5-6-13(17)11-15(12)21(19,20)18(4)14-7-9-16(2,3)10-8-14/h5-6,11,14H,7-10H2,1-4H3. The van der Waals surface area contributed by atoms with Crippen LogP contribution in [0.25, 0.3) is 0 Å². The first kappa shape index (κ1) is 17.0. The maximum absolute atomic E-state index is 12.9. The summed E-state index contributed by atoms with van der Waals surface area (Å²) < 4.78 is 28.1. The fraction of sp³-hybridized carbons (Fsp3) is 0.625. The molecule has 1 fully saturated rings. The van der Waals surface area contributed by atoms with E-state index < -0.39 is 10.0 Å². The Kier molecular flexibility index (Phi) is 4.86. The molecule has 3 nitrogen and oxygen atoms in total. The lowest BCUT2D eigenvalue weighted by Crippen LogP contribution is -2.41. The number of rotatable bonds is 3. The van der Waals surface area contributed by atoms with Crippen molar-refractivity contribution in [3.05, 3.63) is 28.2 Å². The fourth-order valence-electron chi connectivity index (χ4n) is 2.95. The molecular weight excluding hydrogens is 350 g/mol. The van der Waals surface area contributed by atoms with Gasteiger partial charge in [-0.25, -0.2) is 8.42 Å². The maximum atomic E-state index is 12.9. The van der Waals surface area contributed by atoms with Crippen LogP contribution in [0.15, 0.2) is 27.6 Å². The Morgan fingerprint density at radius 3 is 2.38 bits per heavy atom. The fourth-order valence-corrected chi connectivity index (χ4v) is 5.13. The predicted octanol–water partition coefficient (Wildman–Crippen LogP) is 4.35. The molecule has 1 aromatic carbocycles. The van der Waals surface area contributed by atoms with Crippen LogP contribution in [0, 0.1) is 12.3 Å². The van der Waals surface area contributed by atoms with E-state index in [1.165, 1.54) is 0 Å². The molecule has 21 heavy (non-hydrogen) atoms. The van der Waals surface area contributed by atoms with Gasteiger partial charge in [-0.3, -0.25) is 0 Å². The van der Waals surface area contributed by atoms with Crippen molar-refractivity contribution in [3.8, 4) is 0 Å². The van der Waals surface area contributed by atoms with Crippen LogP contribution in [0.1, 0.15) is 45.1 Å². The van der Waals surface area contributed by atoms with Crippen molar-refractivity contribution in [1.29, 1.82) is 0 Å². The lowest BCUT2D eigenvalue weighted by atomic mass is 9.76. The van der Waals surface area contributed by atoms with E-state index in [2.05, 4.69) is 29.8 Å². The minimum Gasteiger partial charge on any atom is -0.207 e. The molecule has 0 aliphatic heterocycles. The van der Waals surface area contributed by atoms with E-state index >= 15 is 0 Å². The van der Waals surface area contributed by atoms with Crippen LogP contribution in [0.3, 0.4) is 0 Å². The summed E-state index contributed by atoms with van der Waals surface area (Å²) in [6, 6.07) is 5.53. The van der Waals surface area contributed by atoms with Crippen molar-refractivity contribution in [1.82, 2.24) is 4.31 Å². The zero-order valence-electron chi connectivity index (χ0n) is 13.2. The Bertz CT molecular complexity index is 615. The van der Waals surface area contributed by atoms with Crippen molar-refractivity contribution in [3.63, 3.8) is 0 Å². The molecule has 0 bridgehead atoms. The number of nitrogens with zero attached hydrogens (tertiary/aromatic N) is 1. The van der Waals surface area contributed by atoms with E-state index in [-0.39, 0.29) is 6.04 Å². The molecule has 1 saturated carbocycles. The van der Waals surface area contributed by atoms with Gasteiger partial charge in [0.05, 0.1) is 4.90 Å². The van der Waals surface area contributed by atoms with Crippen LogP contribution in [0.5, 0.6) is 0 Å². The zero-order chi connectivity index (χ0) is 15.8. The molecule has 118 valence electrons. The van der Waals surface area contributed by atoms with Crippen molar-refractivity contribution >= 4 is 26.0 Å². The van der Waals surface area contributed by atoms with E-state index in [1.807, 2.05) is 19.1 Å². The van der Waals surface area contributed by atoms with Crippen molar-refractivity contribution in [2.75, 3.05) is 7.05 Å². The monoisotopic (exact) mass is 373 g/mol. The second kappa shape index (κ2) is 6.01. The van der Waals surface area contributed by atoms with Gasteiger partial charge >= 0.3 is 0 Å². The molecule has 0 amide bonds. The Hall–Kier alpha value is -0.390. The van der Waals surface area contributed by atoms with Gasteiger partial charge in [0.2, 0.25) is 10.0 Å². The highest BCUT2D eigenvalue weighted by Crippen LogP contribution is 2.38. The smallest absolute Gasteiger partial charge is 0.207 e. The molecule has 0 spiro atoms. The average molecular weight is 374 g/mol. The first-order valence-corrected chi connectivity index (χ1v) is 9.61. The number of sulfonamides is 1. The second-order valence-corrected chi connectivity index (χ2v) is 9.71. The van der Waals surface area contributed by atoms with Crippen LogP contribution in [0.4, 0.5) is 0 Å². The Balaban J connectivity index is 2.25. The van der Waals surface area contributed by atoms with Gasteiger partial charge in [0.15, 0.2) is 0 Å². The van der Waals surface area contributed by atoms with Gasteiger partial charge < -0.3 is 0 Å². The Morgan fingerprint density at radius 2 is 1.81 bits per heavy atom. The summed E-state index contributed by atoms with van der Waals surface area (Å²) in [6.07, 6.45) is 4.04. The summed E-state index contributed by atoms with van der Waals surface area (Å²) in [5.74, 6) is 0. The molecule has 0 saturated heterocycles. The van der Waals surface area contributed by atoms with Gasteiger partial charge in [-0.15, -0.1) is 0 Å². The molecule has 1 aliphatic rings. The summed E-state index contributed by atoms with van der Waals surface area (Å²) in [4.78, 5) is 0.407. The minimum atomic E-state index is -3.43. The SMILES string of the molecule is Cc1ccc(Br)cc1S(=O)(=O)N(C)C1CCC(C)(C)CC1. The van der Waals surface area contributed by atoms with Crippen LogP contribution >= 0.6 is 15.9 Å². The molecular formula is C16H24BrNO2S. The Morgan fingerprint density at radius 1 is 1.24 bits per heavy atom. The predicted molar refractivity (Wildman–Crippen MR) is 89.9 cm³/mol. The van der Waals surface area contributed by atoms with E-state index in [9.17, 15) is 8.42 Å². The first-order chi connectivity index (χ1) is 9.63. The van der Waals surface area contributed by atoms with Gasteiger partial charge in [0.25, 0.3) is 0 Å². The summed E-state index contributed by atoms with van der Waals surface area (Å²) in [5.41, 5.74) is 1.13. The summed E-state index contributed by atoms with van der Waals surface area (Å²) in [5, 5.41) is 0. The van der Waals surface area contributed by atoms with Gasteiger partial charge in [-0.1, -0.05) is 35.8 Å². The quantitative estimate of drug-likeness (QED) is 0.789. The maximum Gasteiger partial charge on any atom is 0.243 e. The number of aryl methyl sites for hydroxylation is 1. The third kappa shape index (κ3) is 3.69. The van der Waals surface area contributed by atoms with Gasteiger partial charge in [-0.2, -0.15) is 4.31 Å². The highest BCUT2D eigenvalue weighted by Gasteiger charge is 2.34. The van der Waals surface area contributed by atoms with Crippen LogP contribution in [-0.2, 0) is 10.0 Å². The summed E-state index contributed by atoms with van der Waals surface area (Å²) in [7, 11) is -1.70. The molecule has 0 unspecified atom stereocenters. The van der Waals surface area contributed by atoms with Gasteiger partial charge in [0.1, 0.15) is 0 Å². The first-order valence-electron chi connectivity index (χ1n) is 7.38. The van der Waals surface area contributed by atoms with Crippen LogP contribution < -0.4 is 0 Å². The van der Waals surface area contributed by atoms with E-state index in [1.54, 1.807) is 17.4 Å². The van der Waals surface area contributed by atoms with Crippen molar-refractivity contribution in [2.45, 2.75) is 57.4 Å².